The minimum absolute atomic E-state index is 0.0789. The third kappa shape index (κ3) is 3.13. The van der Waals surface area contributed by atoms with E-state index in [2.05, 4.69) is 0 Å². The summed E-state index contributed by atoms with van der Waals surface area (Å²) in [7, 11) is 0. The van der Waals surface area contributed by atoms with Gasteiger partial charge in [-0.15, -0.1) is 11.6 Å². The molecule has 1 aromatic rings. The van der Waals surface area contributed by atoms with E-state index in [1.807, 2.05) is 32.0 Å². The van der Waals surface area contributed by atoms with Crippen molar-refractivity contribution in [1.29, 1.82) is 0 Å². The van der Waals surface area contributed by atoms with Gasteiger partial charge in [-0.3, -0.25) is 4.79 Å². The van der Waals surface area contributed by atoms with Crippen molar-refractivity contribution in [3.63, 3.8) is 0 Å². The summed E-state index contributed by atoms with van der Waals surface area (Å²) in [5, 5.41) is 0. The summed E-state index contributed by atoms with van der Waals surface area (Å²) in [5.41, 5.74) is 1.03. The number of nitrogens with zero attached hydrogens (tertiary/aromatic N) is 1. The monoisotopic (exact) mass is 283 g/mol. The van der Waals surface area contributed by atoms with Gasteiger partial charge < -0.3 is 14.4 Å². The number of fused-ring (bicyclic) bond motifs is 1. The van der Waals surface area contributed by atoms with Crippen LogP contribution in [0.3, 0.4) is 0 Å². The molecule has 0 aliphatic carbocycles. The van der Waals surface area contributed by atoms with Gasteiger partial charge in [0, 0.05) is 24.9 Å². The molecular weight excluding hydrogens is 266 g/mol. The predicted octanol–water partition coefficient (Wildman–Crippen LogP) is 2.64. The lowest BCUT2D eigenvalue weighted by molar-refractivity contribution is -0.134. The number of ether oxygens (including phenoxy) is 2. The van der Waals surface area contributed by atoms with E-state index in [-0.39, 0.29) is 18.6 Å². The molecule has 0 fully saturated rings. The van der Waals surface area contributed by atoms with E-state index in [9.17, 15) is 4.79 Å². The second kappa shape index (κ2) is 6.15. The van der Waals surface area contributed by atoms with Gasteiger partial charge in [-0.05, 0) is 24.6 Å². The Kier molecular flexibility index (Phi) is 4.53. The highest BCUT2D eigenvalue weighted by atomic mass is 35.5. The lowest BCUT2D eigenvalue weighted by atomic mass is 10.1. The summed E-state index contributed by atoms with van der Waals surface area (Å²) in [6.07, 6.45) is 0. The Hall–Kier alpha value is -1.42. The van der Waals surface area contributed by atoms with Crippen LogP contribution >= 0.6 is 11.6 Å². The van der Waals surface area contributed by atoms with Crippen molar-refractivity contribution in [3.8, 4) is 11.5 Å². The smallest absolute Gasteiger partial charge is 0.231 e. The SMILES string of the molecule is CCN(Cc1ccc2c(c1)OCO2)C(=O)C(C)CCl. The van der Waals surface area contributed by atoms with Crippen LogP contribution in [0.5, 0.6) is 11.5 Å². The molecule has 1 amide bonds. The molecule has 0 bridgehead atoms. The first-order chi connectivity index (χ1) is 9.15. The topological polar surface area (TPSA) is 38.8 Å². The molecule has 1 aliphatic rings. The zero-order chi connectivity index (χ0) is 13.8. The molecule has 1 atom stereocenters. The van der Waals surface area contributed by atoms with Gasteiger partial charge in [0.05, 0.1) is 0 Å². The predicted molar refractivity (Wildman–Crippen MR) is 73.5 cm³/mol. The Bertz CT molecular complexity index is 464. The highest BCUT2D eigenvalue weighted by Gasteiger charge is 2.20. The second-order valence-corrected chi connectivity index (χ2v) is 4.90. The minimum Gasteiger partial charge on any atom is -0.454 e. The van der Waals surface area contributed by atoms with Gasteiger partial charge in [0.2, 0.25) is 12.7 Å². The third-order valence-corrected chi connectivity index (χ3v) is 3.62. The molecule has 0 aromatic heterocycles. The van der Waals surface area contributed by atoms with Crippen LogP contribution in [0.1, 0.15) is 19.4 Å². The van der Waals surface area contributed by atoms with Crippen molar-refractivity contribution in [2.45, 2.75) is 20.4 Å². The average molecular weight is 284 g/mol. The normalized spacial score (nSPS) is 14.3. The Morgan fingerprint density at radius 2 is 2.16 bits per heavy atom. The lowest BCUT2D eigenvalue weighted by Gasteiger charge is -2.23. The highest BCUT2D eigenvalue weighted by molar-refractivity contribution is 6.19. The molecule has 2 rings (SSSR count). The first kappa shape index (κ1) is 14.0. The number of halogens is 1. The summed E-state index contributed by atoms with van der Waals surface area (Å²) >= 11 is 5.74. The Balaban J connectivity index is 2.08. The van der Waals surface area contributed by atoms with Gasteiger partial charge in [-0.2, -0.15) is 0 Å². The number of benzene rings is 1. The first-order valence-corrected chi connectivity index (χ1v) is 6.92. The minimum atomic E-state index is -0.157. The van der Waals surface area contributed by atoms with E-state index in [4.69, 9.17) is 21.1 Å². The van der Waals surface area contributed by atoms with Gasteiger partial charge >= 0.3 is 0 Å². The van der Waals surface area contributed by atoms with Gasteiger partial charge in [0.25, 0.3) is 0 Å². The van der Waals surface area contributed by atoms with Crippen LogP contribution in [0.2, 0.25) is 0 Å². The molecule has 19 heavy (non-hydrogen) atoms. The van der Waals surface area contributed by atoms with Gasteiger partial charge in [-0.1, -0.05) is 13.0 Å². The fourth-order valence-corrected chi connectivity index (χ4v) is 2.11. The molecule has 1 aliphatic heterocycles. The Labute approximate surface area is 118 Å². The van der Waals surface area contributed by atoms with Crippen LogP contribution in [0.4, 0.5) is 0 Å². The Morgan fingerprint density at radius 1 is 1.42 bits per heavy atom. The summed E-state index contributed by atoms with van der Waals surface area (Å²) in [4.78, 5) is 13.9. The summed E-state index contributed by atoms with van der Waals surface area (Å²) in [5.74, 6) is 1.76. The third-order valence-electron chi connectivity index (χ3n) is 3.16. The number of rotatable bonds is 5. The second-order valence-electron chi connectivity index (χ2n) is 4.60. The van der Waals surface area contributed by atoms with Crippen LogP contribution in [0.15, 0.2) is 18.2 Å². The molecule has 4 nitrogen and oxygen atoms in total. The van der Waals surface area contributed by atoms with Crippen LogP contribution in [-0.4, -0.2) is 30.0 Å². The molecule has 0 spiro atoms. The molecule has 1 unspecified atom stereocenters. The van der Waals surface area contributed by atoms with Crippen molar-refractivity contribution in [2.75, 3.05) is 19.2 Å². The van der Waals surface area contributed by atoms with E-state index < -0.39 is 0 Å². The zero-order valence-electron chi connectivity index (χ0n) is 11.2. The van der Waals surface area contributed by atoms with E-state index in [0.29, 0.717) is 19.0 Å². The van der Waals surface area contributed by atoms with Crippen LogP contribution < -0.4 is 9.47 Å². The largest absolute Gasteiger partial charge is 0.454 e. The summed E-state index contributed by atoms with van der Waals surface area (Å²) in [6, 6.07) is 5.75. The molecule has 5 heteroatoms. The number of carbonyl (C=O) groups is 1. The van der Waals surface area contributed by atoms with Crippen molar-refractivity contribution >= 4 is 17.5 Å². The van der Waals surface area contributed by atoms with E-state index in [1.54, 1.807) is 4.90 Å². The van der Waals surface area contributed by atoms with Gasteiger partial charge in [0.15, 0.2) is 11.5 Å². The number of hydrogen-bond acceptors (Lipinski definition) is 3. The lowest BCUT2D eigenvalue weighted by Crippen LogP contribution is -2.35. The number of amides is 1. The number of alkyl halides is 1. The molecule has 0 saturated carbocycles. The number of hydrogen-bond donors (Lipinski definition) is 0. The van der Waals surface area contributed by atoms with Crippen molar-refractivity contribution in [1.82, 2.24) is 4.90 Å². The van der Waals surface area contributed by atoms with Gasteiger partial charge in [-0.25, -0.2) is 0 Å². The quantitative estimate of drug-likeness (QED) is 0.780. The highest BCUT2D eigenvalue weighted by Crippen LogP contribution is 2.32. The molecular formula is C14H18ClNO3. The van der Waals surface area contributed by atoms with E-state index in [0.717, 1.165) is 17.1 Å². The maximum atomic E-state index is 12.1. The zero-order valence-corrected chi connectivity index (χ0v) is 11.9. The van der Waals surface area contributed by atoms with Crippen LogP contribution in [0.25, 0.3) is 0 Å². The van der Waals surface area contributed by atoms with Crippen molar-refractivity contribution in [2.24, 2.45) is 5.92 Å². The molecule has 0 N–H and O–H groups in total. The maximum absolute atomic E-state index is 12.1. The molecule has 1 heterocycles. The molecule has 104 valence electrons. The van der Waals surface area contributed by atoms with E-state index in [1.165, 1.54) is 0 Å². The average Bonchev–Trinajstić information content (AvgIpc) is 2.90. The molecule has 0 saturated heterocycles. The maximum Gasteiger partial charge on any atom is 0.231 e. The standard InChI is InChI=1S/C14H18ClNO3/c1-3-16(14(17)10(2)7-15)8-11-4-5-12-13(6-11)19-9-18-12/h4-6,10H,3,7-9H2,1-2H3. The van der Waals surface area contributed by atoms with E-state index >= 15 is 0 Å². The number of carbonyl (C=O) groups excluding carboxylic acids is 1. The van der Waals surface area contributed by atoms with Crippen molar-refractivity contribution < 1.29 is 14.3 Å². The van der Waals surface area contributed by atoms with Gasteiger partial charge in [0.1, 0.15) is 0 Å². The Morgan fingerprint density at radius 3 is 2.84 bits per heavy atom. The summed E-state index contributed by atoms with van der Waals surface area (Å²) in [6.45, 7) is 5.30. The van der Waals surface area contributed by atoms with Crippen molar-refractivity contribution in [3.05, 3.63) is 23.8 Å². The fourth-order valence-electron chi connectivity index (χ4n) is 1.98. The fraction of sp³-hybridized carbons (Fsp3) is 0.500. The van der Waals surface area contributed by atoms with Crippen LogP contribution in [-0.2, 0) is 11.3 Å². The molecule has 0 radical (unpaired) electrons. The first-order valence-electron chi connectivity index (χ1n) is 6.39. The molecule has 1 aromatic carbocycles. The van der Waals surface area contributed by atoms with Crippen LogP contribution in [0, 0.1) is 5.92 Å². The summed E-state index contributed by atoms with van der Waals surface area (Å²) < 4.78 is 10.6.